The van der Waals surface area contributed by atoms with E-state index in [0.717, 1.165) is 45.0 Å². The number of piperazine rings is 1. The van der Waals surface area contributed by atoms with Gasteiger partial charge in [-0.2, -0.15) is 0 Å². The Morgan fingerprint density at radius 3 is 2.00 bits per heavy atom. The Morgan fingerprint density at radius 1 is 0.759 bits per heavy atom. The van der Waals surface area contributed by atoms with Crippen molar-refractivity contribution in [1.29, 1.82) is 0 Å². The van der Waals surface area contributed by atoms with E-state index in [2.05, 4.69) is 59.3 Å². The molecule has 0 aromatic heterocycles. The lowest BCUT2D eigenvalue weighted by molar-refractivity contribution is 0.208. The number of aryl methyl sites for hydroxylation is 2. The number of hydrogen-bond acceptors (Lipinski definition) is 3. The number of anilines is 3. The molecule has 2 heterocycles. The van der Waals surface area contributed by atoms with Gasteiger partial charge in [-0.25, -0.2) is 4.79 Å². The maximum absolute atomic E-state index is 12.7. The highest BCUT2D eigenvalue weighted by molar-refractivity contribution is 5.89. The zero-order chi connectivity index (χ0) is 20.2. The summed E-state index contributed by atoms with van der Waals surface area (Å²) in [5.41, 5.74) is 6.05. The number of para-hydroxylation sites is 1. The van der Waals surface area contributed by atoms with Crippen LogP contribution in [0.5, 0.6) is 0 Å². The molecule has 2 aromatic carbocycles. The molecule has 0 bridgehead atoms. The van der Waals surface area contributed by atoms with Crippen LogP contribution in [-0.2, 0) is 0 Å². The van der Waals surface area contributed by atoms with Crippen LogP contribution in [0.4, 0.5) is 21.9 Å². The van der Waals surface area contributed by atoms with Crippen molar-refractivity contribution in [3.05, 3.63) is 53.6 Å². The Bertz CT molecular complexity index is 814. The SMILES string of the molecule is Cc1cccc(C)c1N1CCN(C(=O)Nc2ccc(N3CCCCC3)cc2)CC1. The summed E-state index contributed by atoms with van der Waals surface area (Å²) in [4.78, 5) is 19.5. The Balaban J connectivity index is 1.32. The molecule has 2 aromatic rings. The number of rotatable bonds is 3. The van der Waals surface area contributed by atoms with Gasteiger partial charge >= 0.3 is 6.03 Å². The predicted octanol–water partition coefficient (Wildman–Crippen LogP) is 4.65. The van der Waals surface area contributed by atoms with Crippen molar-refractivity contribution in [2.24, 2.45) is 0 Å². The van der Waals surface area contributed by atoms with Crippen LogP contribution in [0.25, 0.3) is 0 Å². The van der Waals surface area contributed by atoms with Crippen molar-refractivity contribution < 1.29 is 4.79 Å². The summed E-state index contributed by atoms with van der Waals surface area (Å²) in [5.74, 6) is 0. The normalized spacial score (nSPS) is 17.4. The molecule has 2 amide bonds. The summed E-state index contributed by atoms with van der Waals surface area (Å²) in [6.07, 6.45) is 3.88. The van der Waals surface area contributed by atoms with Gasteiger partial charge in [-0.05, 0) is 68.5 Å². The lowest BCUT2D eigenvalue weighted by atomic mass is 10.1. The van der Waals surface area contributed by atoms with Crippen LogP contribution in [0.2, 0.25) is 0 Å². The largest absolute Gasteiger partial charge is 0.372 e. The molecular formula is C24H32N4O. The Labute approximate surface area is 174 Å². The van der Waals surface area contributed by atoms with E-state index in [-0.39, 0.29) is 6.03 Å². The first-order valence-electron chi connectivity index (χ1n) is 10.8. The molecule has 5 heteroatoms. The van der Waals surface area contributed by atoms with E-state index in [0.29, 0.717) is 0 Å². The standard InChI is InChI=1S/C24H32N4O/c1-19-7-6-8-20(2)23(19)27-15-17-28(18-16-27)24(29)25-21-9-11-22(12-10-21)26-13-4-3-5-14-26/h6-12H,3-5,13-18H2,1-2H3,(H,25,29). The van der Waals surface area contributed by atoms with Gasteiger partial charge in [0, 0.05) is 56.3 Å². The first-order valence-corrected chi connectivity index (χ1v) is 10.8. The van der Waals surface area contributed by atoms with Gasteiger partial charge in [0.25, 0.3) is 0 Å². The number of piperidine rings is 1. The second kappa shape index (κ2) is 8.76. The van der Waals surface area contributed by atoms with Gasteiger partial charge in [0.05, 0.1) is 0 Å². The summed E-state index contributed by atoms with van der Waals surface area (Å²) in [7, 11) is 0. The third kappa shape index (κ3) is 4.50. The van der Waals surface area contributed by atoms with Crippen molar-refractivity contribution >= 4 is 23.1 Å². The molecule has 1 N–H and O–H groups in total. The Hall–Kier alpha value is -2.69. The summed E-state index contributed by atoms with van der Waals surface area (Å²) in [5, 5.41) is 3.07. The smallest absolute Gasteiger partial charge is 0.321 e. The van der Waals surface area contributed by atoms with Gasteiger partial charge in [-0.3, -0.25) is 0 Å². The van der Waals surface area contributed by atoms with E-state index >= 15 is 0 Å². The fourth-order valence-electron chi connectivity index (χ4n) is 4.55. The molecule has 0 aliphatic carbocycles. The number of urea groups is 1. The minimum atomic E-state index is -0.00289. The average molecular weight is 393 g/mol. The highest BCUT2D eigenvalue weighted by atomic mass is 16.2. The van der Waals surface area contributed by atoms with E-state index in [1.165, 1.54) is 41.8 Å². The van der Waals surface area contributed by atoms with Gasteiger partial charge in [-0.1, -0.05) is 18.2 Å². The maximum atomic E-state index is 12.7. The molecule has 0 unspecified atom stereocenters. The van der Waals surface area contributed by atoms with Crippen molar-refractivity contribution in [2.45, 2.75) is 33.1 Å². The number of hydrogen-bond donors (Lipinski definition) is 1. The molecule has 0 radical (unpaired) electrons. The van der Waals surface area contributed by atoms with Gasteiger partial charge in [0.1, 0.15) is 0 Å². The highest BCUT2D eigenvalue weighted by Crippen LogP contribution is 2.26. The lowest BCUT2D eigenvalue weighted by Crippen LogP contribution is -2.50. The molecule has 5 nitrogen and oxygen atoms in total. The molecule has 154 valence electrons. The molecule has 29 heavy (non-hydrogen) atoms. The minimum Gasteiger partial charge on any atom is -0.372 e. The third-order valence-corrected chi connectivity index (χ3v) is 6.16. The fraction of sp³-hybridized carbons (Fsp3) is 0.458. The zero-order valence-corrected chi connectivity index (χ0v) is 17.7. The molecule has 2 fully saturated rings. The van der Waals surface area contributed by atoms with Crippen LogP contribution in [0, 0.1) is 13.8 Å². The molecule has 4 rings (SSSR count). The first-order chi connectivity index (χ1) is 14.1. The molecular weight excluding hydrogens is 360 g/mol. The van der Waals surface area contributed by atoms with E-state index in [1.54, 1.807) is 0 Å². The molecule has 2 aliphatic heterocycles. The summed E-state index contributed by atoms with van der Waals surface area (Å²) in [6, 6.07) is 14.7. The van der Waals surface area contributed by atoms with Crippen LogP contribution in [0.1, 0.15) is 30.4 Å². The van der Waals surface area contributed by atoms with E-state index in [4.69, 9.17) is 0 Å². The van der Waals surface area contributed by atoms with Gasteiger partial charge < -0.3 is 20.0 Å². The number of nitrogens with zero attached hydrogens (tertiary/aromatic N) is 3. The summed E-state index contributed by atoms with van der Waals surface area (Å²) in [6.45, 7) is 9.81. The predicted molar refractivity (Wildman–Crippen MR) is 121 cm³/mol. The van der Waals surface area contributed by atoms with E-state index in [9.17, 15) is 4.79 Å². The minimum absolute atomic E-state index is 0.00289. The van der Waals surface area contributed by atoms with Crippen molar-refractivity contribution in [1.82, 2.24) is 4.90 Å². The first kappa shape index (κ1) is 19.6. The quantitative estimate of drug-likeness (QED) is 0.826. The molecule has 0 atom stereocenters. The van der Waals surface area contributed by atoms with Crippen molar-refractivity contribution in [3.8, 4) is 0 Å². The van der Waals surface area contributed by atoms with Crippen LogP contribution in [-0.4, -0.2) is 50.2 Å². The Morgan fingerprint density at radius 2 is 1.38 bits per heavy atom. The Kier molecular flexibility index (Phi) is 5.93. The van der Waals surface area contributed by atoms with E-state index < -0.39 is 0 Å². The van der Waals surface area contributed by atoms with Crippen molar-refractivity contribution in [2.75, 3.05) is 54.4 Å². The fourth-order valence-corrected chi connectivity index (χ4v) is 4.55. The number of carbonyl (C=O) groups excluding carboxylic acids is 1. The number of benzene rings is 2. The second-order valence-corrected chi connectivity index (χ2v) is 8.24. The summed E-state index contributed by atoms with van der Waals surface area (Å²) < 4.78 is 0. The van der Waals surface area contributed by atoms with Crippen molar-refractivity contribution in [3.63, 3.8) is 0 Å². The molecule has 0 spiro atoms. The monoisotopic (exact) mass is 392 g/mol. The summed E-state index contributed by atoms with van der Waals surface area (Å²) >= 11 is 0. The molecule has 2 aliphatic rings. The zero-order valence-electron chi connectivity index (χ0n) is 17.7. The molecule has 2 saturated heterocycles. The maximum Gasteiger partial charge on any atom is 0.321 e. The second-order valence-electron chi connectivity index (χ2n) is 8.24. The van der Waals surface area contributed by atoms with Gasteiger partial charge in [0.2, 0.25) is 0 Å². The van der Waals surface area contributed by atoms with Crippen LogP contribution in [0.15, 0.2) is 42.5 Å². The van der Waals surface area contributed by atoms with E-state index in [1.807, 2.05) is 17.0 Å². The lowest BCUT2D eigenvalue weighted by Gasteiger charge is -2.37. The highest BCUT2D eigenvalue weighted by Gasteiger charge is 2.23. The third-order valence-electron chi connectivity index (χ3n) is 6.16. The number of carbonyl (C=O) groups is 1. The average Bonchev–Trinajstić information content (AvgIpc) is 2.75. The van der Waals surface area contributed by atoms with Gasteiger partial charge in [0.15, 0.2) is 0 Å². The topological polar surface area (TPSA) is 38.8 Å². The molecule has 0 saturated carbocycles. The van der Waals surface area contributed by atoms with Crippen LogP contribution in [0.3, 0.4) is 0 Å². The number of amides is 2. The van der Waals surface area contributed by atoms with Crippen LogP contribution < -0.4 is 15.1 Å². The number of nitrogens with one attached hydrogen (secondary N) is 1. The van der Waals surface area contributed by atoms with Crippen LogP contribution >= 0.6 is 0 Å². The van der Waals surface area contributed by atoms with Gasteiger partial charge in [-0.15, -0.1) is 0 Å².